The number of benzene rings is 2. The number of anilines is 1. The summed E-state index contributed by atoms with van der Waals surface area (Å²) in [5.41, 5.74) is 5.17. The third kappa shape index (κ3) is 3.78. The van der Waals surface area contributed by atoms with Crippen LogP contribution in [0.3, 0.4) is 0 Å². The highest BCUT2D eigenvalue weighted by molar-refractivity contribution is 6.03. The first-order valence-electron chi connectivity index (χ1n) is 9.87. The first-order chi connectivity index (χ1) is 14.5. The Morgan fingerprint density at radius 2 is 1.93 bits per heavy atom. The van der Waals surface area contributed by atoms with E-state index < -0.39 is 0 Å². The lowest BCUT2D eigenvalue weighted by Crippen LogP contribution is -2.27. The first kappa shape index (κ1) is 19.7. The van der Waals surface area contributed by atoms with E-state index in [1.54, 1.807) is 19.2 Å². The normalized spacial score (nSPS) is 14.9. The highest BCUT2D eigenvalue weighted by atomic mass is 16.5. The van der Waals surface area contributed by atoms with Gasteiger partial charge in [0.15, 0.2) is 0 Å². The van der Waals surface area contributed by atoms with Gasteiger partial charge < -0.3 is 15.4 Å². The summed E-state index contributed by atoms with van der Waals surface area (Å²) in [5.74, 6) is 0.187. The van der Waals surface area contributed by atoms with E-state index in [2.05, 4.69) is 15.7 Å². The van der Waals surface area contributed by atoms with Crippen LogP contribution in [0.5, 0.6) is 5.75 Å². The van der Waals surface area contributed by atoms with Gasteiger partial charge in [0.25, 0.3) is 5.91 Å². The van der Waals surface area contributed by atoms with Gasteiger partial charge in [0, 0.05) is 23.5 Å². The van der Waals surface area contributed by atoms with Gasteiger partial charge in [-0.1, -0.05) is 0 Å². The van der Waals surface area contributed by atoms with E-state index >= 15 is 0 Å². The Labute approximate surface area is 175 Å². The number of hydrogen-bond acceptors (Lipinski definition) is 4. The molecule has 2 heterocycles. The number of rotatable bonds is 6. The summed E-state index contributed by atoms with van der Waals surface area (Å²) in [6.45, 7) is 4.34. The molecule has 0 aliphatic carbocycles. The van der Waals surface area contributed by atoms with Crippen LogP contribution >= 0.6 is 0 Å². The molecule has 0 spiro atoms. The van der Waals surface area contributed by atoms with Crippen molar-refractivity contribution in [3.63, 3.8) is 0 Å². The monoisotopic (exact) mass is 404 g/mol. The smallest absolute Gasteiger partial charge is 0.251 e. The number of nitrogens with zero attached hydrogens (tertiary/aromatic N) is 2. The van der Waals surface area contributed by atoms with Crippen molar-refractivity contribution in [2.45, 2.75) is 26.2 Å². The van der Waals surface area contributed by atoms with Crippen molar-refractivity contribution in [1.29, 1.82) is 0 Å². The molecule has 0 radical (unpaired) electrons. The van der Waals surface area contributed by atoms with Crippen LogP contribution in [-0.4, -0.2) is 35.2 Å². The molecule has 2 amide bonds. The Morgan fingerprint density at radius 1 is 1.17 bits per heavy atom. The fourth-order valence-corrected chi connectivity index (χ4v) is 3.79. The fraction of sp³-hybridized carbons (Fsp3) is 0.261. The molecular weight excluding hydrogens is 380 g/mol. The number of nitrogens with one attached hydrogen (secondary N) is 2. The van der Waals surface area contributed by atoms with E-state index in [-0.39, 0.29) is 17.7 Å². The number of aryl methyl sites for hydroxylation is 2. The van der Waals surface area contributed by atoms with E-state index in [0.29, 0.717) is 24.3 Å². The van der Waals surface area contributed by atoms with Crippen molar-refractivity contribution in [2.24, 2.45) is 0 Å². The number of ether oxygens (including phenoxy) is 1. The summed E-state index contributed by atoms with van der Waals surface area (Å²) in [7, 11) is 1.60. The topological polar surface area (TPSA) is 85.2 Å². The van der Waals surface area contributed by atoms with Gasteiger partial charge in [-0.2, -0.15) is 5.10 Å². The second-order valence-corrected chi connectivity index (χ2v) is 7.43. The Hall–Kier alpha value is -3.61. The summed E-state index contributed by atoms with van der Waals surface area (Å²) in [6.07, 6.45) is 0.515. The van der Waals surface area contributed by atoms with Gasteiger partial charge in [-0.15, -0.1) is 0 Å². The molecule has 0 saturated carbocycles. The van der Waals surface area contributed by atoms with Crippen LogP contribution in [0.2, 0.25) is 0 Å². The molecule has 4 rings (SSSR count). The molecule has 2 N–H and O–H groups in total. The number of carbonyl (C=O) groups is 2. The standard InChI is InChI=1S/C23H24N4O3/c1-14-12-15(2)27(26-14)17-6-4-16(5-7-17)22(28)24-11-10-19-20-13-18(30-3)8-9-21(20)25-23(19)29/h4-9,12-13,19H,10-11H2,1-3H3,(H,24,28)(H,25,29)/t19-/m0/s1. The highest BCUT2D eigenvalue weighted by Gasteiger charge is 2.30. The Balaban J connectivity index is 1.38. The van der Waals surface area contributed by atoms with Crippen LogP contribution in [0.15, 0.2) is 48.5 Å². The van der Waals surface area contributed by atoms with Gasteiger partial charge in [0.05, 0.1) is 24.4 Å². The van der Waals surface area contributed by atoms with Crippen molar-refractivity contribution in [3.05, 3.63) is 71.0 Å². The maximum atomic E-state index is 12.5. The Kier molecular flexibility index (Phi) is 5.27. The molecule has 2 aromatic carbocycles. The molecule has 30 heavy (non-hydrogen) atoms. The molecule has 0 fully saturated rings. The van der Waals surface area contributed by atoms with Crippen LogP contribution in [0, 0.1) is 13.8 Å². The van der Waals surface area contributed by atoms with Crippen LogP contribution < -0.4 is 15.4 Å². The molecular formula is C23H24N4O3. The molecule has 154 valence electrons. The Bertz CT molecular complexity index is 1100. The number of methoxy groups -OCH3 is 1. The molecule has 7 nitrogen and oxygen atoms in total. The predicted molar refractivity (Wildman–Crippen MR) is 114 cm³/mol. The molecule has 7 heteroatoms. The van der Waals surface area contributed by atoms with Gasteiger partial charge in [-0.25, -0.2) is 4.68 Å². The molecule has 1 aliphatic rings. The van der Waals surface area contributed by atoms with E-state index in [4.69, 9.17) is 4.74 Å². The maximum absolute atomic E-state index is 12.5. The van der Waals surface area contributed by atoms with Crippen LogP contribution in [0.25, 0.3) is 5.69 Å². The predicted octanol–water partition coefficient (Wildman–Crippen LogP) is 3.35. The second kappa shape index (κ2) is 8.02. The van der Waals surface area contributed by atoms with Crippen molar-refractivity contribution < 1.29 is 14.3 Å². The summed E-state index contributed by atoms with van der Waals surface area (Å²) in [6, 6.07) is 14.9. The van der Waals surface area contributed by atoms with Gasteiger partial charge in [-0.05, 0) is 74.4 Å². The van der Waals surface area contributed by atoms with Crippen molar-refractivity contribution in [1.82, 2.24) is 15.1 Å². The molecule has 0 unspecified atom stereocenters. The average Bonchev–Trinajstić information content (AvgIpc) is 3.25. The summed E-state index contributed by atoms with van der Waals surface area (Å²) < 4.78 is 7.11. The molecule has 0 saturated heterocycles. The van der Waals surface area contributed by atoms with Crippen LogP contribution in [0.4, 0.5) is 5.69 Å². The van der Waals surface area contributed by atoms with Crippen LogP contribution in [0.1, 0.15) is 39.6 Å². The van der Waals surface area contributed by atoms with E-state index in [0.717, 1.165) is 28.3 Å². The third-order valence-corrected chi connectivity index (χ3v) is 5.31. The summed E-state index contributed by atoms with van der Waals surface area (Å²) in [5, 5.41) is 10.2. The highest BCUT2D eigenvalue weighted by Crippen LogP contribution is 2.36. The van der Waals surface area contributed by atoms with Gasteiger partial charge in [-0.3, -0.25) is 9.59 Å². The van der Waals surface area contributed by atoms with Gasteiger partial charge >= 0.3 is 0 Å². The van der Waals surface area contributed by atoms with Crippen molar-refractivity contribution in [2.75, 3.05) is 19.0 Å². The second-order valence-electron chi connectivity index (χ2n) is 7.43. The minimum Gasteiger partial charge on any atom is -0.497 e. The number of aromatic nitrogens is 2. The Morgan fingerprint density at radius 3 is 2.60 bits per heavy atom. The zero-order valence-corrected chi connectivity index (χ0v) is 17.2. The molecule has 0 bridgehead atoms. The van der Waals surface area contributed by atoms with E-state index in [9.17, 15) is 9.59 Å². The maximum Gasteiger partial charge on any atom is 0.251 e. The van der Waals surface area contributed by atoms with Gasteiger partial charge in [0.1, 0.15) is 5.75 Å². The molecule has 3 aromatic rings. The minimum atomic E-state index is -0.302. The number of hydrogen-bond donors (Lipinski definition) is 2. The zero-order chi connectivity index (χ0) is 21.3. The van der Waals surface area contributed by atoms with Crippen molar-refractivity contribution >= 4 is 17.5 Å². The summed E-state index contributed by atoms with van der Waals surface area (Å²) in [4.78, 5) is 24.8. The average molecular weight is 404 g/mol. The fourth-order valence-electron chi connectivity index (χ4n) is 3.79. The number of fused-ring (bicyclic) bond motifs is 1. The SMILES string of the molecule is COc1ccc2c(c1)[C@H](CCNC(=O)c1ccc(-n3nc(C)cc3C)cc1)C(=O)N2. The van der Waals surface area contributed by atoms with Gasteiger partial charge in [0.2, 0.25) is 5.91 Å². The lowest BCUT2D eigenvalue weighted by molar-refractivity contribution is -0.117. The largest absolute Gasteiger partial charge is 0.497 e. The van der Waals surface area contributed by atoms with E-state index in [1.807, 2.05) is 54.9 Å². The zero-order valence-electron chi connectivity index (χ0n) is 17.2. The lowest BCUT2D eigenvalue weighted by Gasteiger charge is -2.11. The number of carbonyl (C=O) groups excluding carboxylic acids is 2. The molecule has 1 aromatic heterocycles. The minimum absolute atomic E-state index is 0.0539. The number of amides is 2. The first-order valence-corrected chi connectivity index (χ1v) is 9.87. The van der Waals surface area contributed by atoms with E-state index in [1.165, 1.54) is 0 Å². The van der Waals surface area contributed by atoms with Crippen molar-refractivity contribution in [3.8, 4) is 11.4 Å². The summed E-state index contributed by atoms with van der Waals surface area (Å²) >= 11 is 0. The molecule has 1 atom stereocenters. The third-order valence-electron chi connectivity index (χ3n) is 5.31. The van der Waals surface area contributed by atoms with Crippen LogP contribution in [-0.2, 0) is 4.79 Å². The lowest BCUT2D eigenvalue weighted by atomic mass is 9.97. The molecule has 1 aliphatic heterocycles. The quantitative estimate of drug-likeness (QED) is 0.660.